The van der Waals surface area contributed by atoms with Gasteiger partial charge in [-0.2, -0.15) is 0 Å². The van der Waals surface area contributed by atoms with Gasteiger partial charge in [0, 0.05) is 48.2 Å². The molecule has 8 nitrogen and oxygen atoms in total. The fourth-order valence-electron chi connectivity index (χ4n) is 4.37. The number of unbranched alkanes of at least 4 members (excludes halogenated alkanes) is 2. The van der Waals surface area contributed by atoms with Crippen LogP contribution in [0.5, 0.6) is 0 Å². The second-order valence-corrected chi connectivity index (χ2v) is 8.85. The SMILES string of the molecule is Cc1ccc(-c2c(C)noc2C)cc1N(CCCCCOCC(=O)O)c1ccc(-n2ccnc2)cc1. The monoisotopic (exact) mass is 488 g/mol. The number of ether oxygens (including phenoxy) is 1. The number of hydrogen-bond acceptors (Lipinski definition) is 6. The van der Waals surface area contributed by atoms with E-state index in [4.69, 9.17) is 14.4 Å². The maximum atomic E-state index is 10.6. The molecule has 1 N–H and O–H groups in total. The quantitative estimate of drug-likeness (QED) is 0.250. The molecule has 8 heteroatoms. The first kappa shape index (κ1) is 25.2. The third-order valence-electron chi connectivity index (χ3n) is 6.18. The smallest absolute Gasteiger partial charge is 0.329 e. The van der Waals surface area contributed by atoms with E-state index in [2.05, 4.69) is 64.4 Å². The van der Waals surface area contributed by atoms with Crippen LogP contribution in [0.3, 0.4) is 0 Å². The molecule has 4 rings (SSSR count). The maximum absolute atomic E-state index is 10.6. The molecular weight excluding hydrogens is 456 g/mol. The number of nitrogens with zero attached hydrogens (tertiary/aromatic N) is 4. The summed E-state index contributed by atoms with van der Waals surface area (Å²) >= 11 is 0. The van der Waals surface area contributed by atoms with E-state index in [1.165, 1.54) is 5.56 Å². The van der Waals surface area contributed by atoms with E-state index in [1.807, 2.05) is 24.6 Å². The fourth-order valence-corrected chi connectivity index (χ4v) is 4.37. The van der Waals surface area contributed by atoms with Crippen molar-refractivity contribution in [2.24, 2.45) is 0 Å². The summed E-state index contributed by atoms with van der Waals surface area (Å²) in [7, 11) is 0. The highest BCUT2D eigenvalue weighted by Gasteiger charge is 2.17. The van der Waals surface area contributed by atoms with Crippen LogP contribution in [0.4, 0.5) is 11.4 Å². The van der Waals surface area contributed by atoms with Crippen LogP contribution < -0.4 is 4.90 Å². The largest absolute Gasteiger partial charge is 0.480 e. The Morgan fingerprint density at radius 2 is 1.89 bits per heavy atom. The minimum absolute atomic E-state index is 0.247. The molecule has 0 atom stereocenters. The van der Waals surface area contributed by atoms with Crippen molar-refractivity contribution in [3.63, 3.8) is 0 Å². The Hall–Kier alpha value is -3.91. The van der Waals surface area contributed by atoms with Crippen LogP contribution in [0.1, 0.15) is 36.3 Å². The van der Waals surface area contributed by atoms with Crippen LogP contribution in [0.2, 0.25) is 0 Å². The molecule has 0 aliphatic rings. The summed E-state index contributed by atoms with van der Waals surface area (Å²) in [6, 6.07) is 14.9. The zero-order valence-electron chi connectivity index (χ0n) is 21.0. The molecule has 0 saturated carbocycles. The molecule has 0 spiro atoms. The molecule has 0 saturated heterocycles. The summed E-state index contributed by atoms with van der Waals surface area (Å²) in [5.74, 6) is -0.131. The lowest BCUT2D eigenvalue weighted by molar-refractivity contribution is -0.142. The molecule has 2 heterocycles. The summed E-state index contributed by atoms with van der Waals surface area (Å²) in [6.45, 7) is 7.04. The summed E-state index contributed by atoms with van der Waals surface area (Å²) < 4.78 is 12.6. The highest BCUT2D eigenvalue weighted by molar-refractivity contribution is 5.76. The molecule has 188 valence electrons. The summed E-state index contributed by atoms with van der Waals surface area (Å²) in [6.07, 6.45) is 8.18. The standard InChI is InChI=1S/C28H32N4O4/c1-20-7-8-23(28-21(2)30-36-22(28)3)17-26(20)32(14-5-4-6-16-35-18-27(33)34)25-11-9-24(10-12-25)31-15-13-29-19-31/h7-13,15,17,19H,4-6,14,16,18H2,1-3H3,(H,33,34). The normalized spacial score (nSPS) is 11.1. The van der Waals surface area contributed by atoms with Gasteiger partial charge in [-0.1, -0.05) is 17.3 Å². The summed E-state index contributed by atoms with van der Waals surface area (Å²) in [5.41, 5.74) is 7.43. The Bertz CT molecular complexity index is 1260. The molecule has 4 aromatic rings. The van der Waals surface area contributed by atoms with E-state index in [-0.39, 0.29) is 6.61 Å². The fraction of sp³-hybridized carbons (Fsp3) is 0.321. The number of aromatic nitrogens is 3. The van der Waals surface area contributed by atoms with Gasteiger partial charge in [0.15, 0.2) is 0 Å². The van der Waals surface area contributed by atoms with Gasteiger partial charge >= 0.3 is 5.97 Å². The number of imidazole rings is 1. The number of carbonyl (C=O) groups is 1. The summed E-state index contributed by atoms with van der Waals surface area (Å²) in [4.78, 5) is 17.1. The van der Waals surface area contributed by atoms with E-state index in [9.17, 15) is 4.79 Å². The van der Waals surface area contributed by atoms with E-state index in [0.29, 0.717) is 6.61 Å². The highest BCUT2D eigenvalue weighted by Crippen LogP contribution is 2.35. The van der Waals surface area contributed by atoms with Gasteiger partial charge in [-0.3, -0.25) is 0 Å². The molecule has 2 aromatic heterocycles. The third kappa shape index (κ3) is 6.01. The van der Waals surface area contributed by atoms with E-state index in [0.717, 1.165) is 65.5 Å². The molecule has 2 aromatic carbocycles. The molecule has 0 amide bonds. The van der Waals surface area contributed by atoms with Crippen molar-refractivity contribution in [2.45, 2.75) is 40.0 Å². The molecule has 36 heavy (non-hydrogen) atoms. The Balaban J connectivity index is 1.58. The third-order valence-corrected chi connectivity index (χ3v) is 6.18. The topological polar surface area (TPSA) is 93.6 Å². The second-order valence-electron chi connectivity index (χ2n) is 8.85. The lowest BCUT2D eigenvalue weighted by Gasteiger charge is -2.28. The van der Waals surface area contributed by atoms with Gasteiger partial charge in [-0.15, -0.1) is 0 Å². The zero-order valence-corrected chi connectivity index (χ0v) is 21.0. The molecular formula is C28H32N4O4. The average molecular weight is 489 g/mol. The maximum Gasteiger partial charge on any atom is 0.329 e. The minimum atomic E-state index is -0.936. The van der Waals surface area contributed by atoms with Crippen LogP contribution in [-0.4, -0.2) is 45.5 Å². The van der Waals surface area contributed by atoms with Crippen molar-refractivity contribution in [1.82, 2.24) is 14.7 Å². The van der Waals surface area contributed by atoms with Gasteiger partial charge in [-0.25, -0.2) is 9.78 Å². The number of carboxylic acids is 1. The molecule has 0 radical (unpaired) electrons. The number of hydrogen-bond donors (Lipinski definition) is 1. The number of anilines is 2. The van der Waals surface area contributed by atoms with E-state index in [1.54, 1.807) is 12.5 Å². The van der Waals surface area contributed by atoms with Gasteiger partial charge < -0.3 is 23.8 Å². The highest BCUT2D eigenvalue weighted by atomic mass is 16.5. The molecule has 0 bridgehead atoms. The van der Waals surface area contributed by atoms with Gasteiger partial charge in [0.25, 0.3) is 0 Å². The Kier molecular flexibility index (Phi) is 8.17. The van der Waals surface area contributed by atoms with Crippen molar-refractivity contribution in [3.05, 3.63) is 78.2 Å². The van der Waals surface area contributed by atoms with Gasteiger partial charge in [0.2, 0.25) is 0 Å². The van der Waals surface area contributed by atoms with Crippen LogP contribution in [0.15, 0.2) is 65.7 Å². The van der Waals surface area contributed by atoms with Crippen molar-refractivity contribution in [3.8, 4) is 16.8 Å². The molecule has 0 unspecified atom stereocenters. The molecule has 0 fully saturated rings. The van der Waals surface area contributed by atoms with Crippen LogP contribution in [-0.2, 0) is 9.53 Å². The zero-order chi connectivity index (χ0) is 25.5. The first-order chi connectivity index (χ1) is 17.4. The van der Waals surface area contributed by atoms with Gasteiger partial charge in [0.1, 0.15) is 12.4 Å². The lowest BCUT2D eigenvalue weighted by atomic mass is 10.0. The number of aliphatic carboxylic acids is 1. The number of rotatable bonds is 12. The van der Waals surface area contributed by atoms with Gasteiger partial charge in [-0.05, 0) is 81.5 Å². The molecule has 0 aliphatic heterocycles. The Labute approximate surface area is 211 Å². The van der Waals surface area contributed by atoms with Crippen molar-refractivity contribution < 1.29 is 19.2 Å². The van der Waals surface area contributed by atoms with Crippen molar-refractivity contribution in [2.75, 3.05) is 24.7 Å². The van der Waals surface area contributed by atoms with Crippen LogP contribution >= 0.6 is 0 Å². The first-order valence-corrected chi connectivity index (χ1v) is 12.1. The Morgan fingerprint density at radius 1 is 1.08 bits per heavy atom. The number of aryl methyl sites for hydroxylation is 3. The van der Waals surface area contributed by atoms with Crippen molar-refractivity contribution >= 4 is 17.3 Å². The number of benzene rings is 2. The molecule has 0 aliphatic carbocycles. The van der Waals surface area contributed by atoms with E-state index < -0.39 is 5.97 Å². The van der Waals surface area contributed by atoms with Crippen LogP contribution in [0.25, 0.3) is 16.8 Å². The number of carboxylic acid groups (broad SMARTS) is 1. The van der Waals surface area contributed by atoms with Crippen LogP contribution in [0, 0.1) is 20.8 Å². The minimum Gasteiger partial charge on any atom is -0.480 e. The van der Waals surface area contributed by atoms with Gasteiger partial charge in [0.05, 0.1) is 12.0 Å². The lowest BCUT2D eigenvalue weighted by Crippen LogP contribution is -2.20. The first-order valence-electron chi connectivity index (χ1n) is 12.1. The van der Waals surface area contributed by atoms with E-state index >= 15 is 0 Å². The van der Waals surface area contributed by atoms with Crippen molar-refractivity contribution in [1.29, 1.82) is 0 Å². The predicted molar refractivity (Wildman–Crippen MR) is 139 cm³/mol. The predicted octanol–water partition coefficient (Wildman–Crippen LogP) is 5.86. The summed E-state index contributed by atoms with van der Waals surface area (Å²) in [5, 5.41) is 12.9. The second kappa shape index (κ2) is 11.7. The Morgan fingerprint density at radius 3 is 2.56 bits per heavy atom. The average Bonchev–Trinajstić information content (AvgIpc) is 3.52.